The average molecular weight is 461 g/mol. The van der Waals surface area contributed by atoms with Gasteiger partial charge in [-0.05, 0) is 47.9 Å². The molecule has 1 saturated heterocycles. The van der Waals surface area contributed by atoms with Gasteiger partial charge in [0.2, 0.25) is 5.91 Å². The molecule has 174 valence electrons. The molecule has 0 spiro atoms. The first kappa shape index (κ1) is 21.8. The number of amides is 1. The number of fused-ring (bicyclic) bond motifs is 3. The van der Waals surface area contributed by atoms with Crippen molar-refractivity contribution in [1.82, 2.24) is 10.3 Å². The van der Waals surface area contributed by atoms with Crippen molar-refractivity contribution in [2.75, 3.05) is 29.4 Å². The van der Waals surface area contributed by atoms with Crippen LogP contribution in [0.5, 0.6) is 0 Å². The van der Waals surface area contributed by atoms with E-state index in [1.54, 1.807) is 30.5 Å². The van der Waals surface area contributed by atoms with Crippen LogP contribution < -0.4 is 15.1 Å². The number of piperazine rings is 1. The van der Waals surface area contributed by atoms with Crippen LogP contribution in [-0.4, -0.2) is 41.5 Å². The van der Waals surface area contributed by atoms with Gasteiger partial charge in [0.15, 0.2) is 0 Å². The second kappa shape index (κ2) is 9.09. The van der Waals surface area contributed by atoms with Gasteiger partial charge in [-0.1, -0.05) is 18.2 Å². The van der Waals surface area contributed by atoms with Crippen LogP contribution in [0.3, 0.4) is 0 Å². The Labute approximate surface area is 196 Å². The molecule has 0 bridgehead atoms. The second-order valence-corrected chi connectivity index (χ2v) is 8.62. The number of aromatic nitrogens is 1. The molecule has 0 aliphatic carbocycles. The van der Waals surface area contributed by atoms with Crippen LogP contribution in [0, 0.1) is 21.8 Å². The highest BCUT2D eigenvalue weighted by molar-refractivity contribution is 5.82. The van der Waals surface area contributed by atoms with Gasteiger partial charge in [-0.2, -0.15) is 0 Å². The Kier molecular flexibility index (Phi) is 5.83. The molecule has 0 unspecified atom stereocenters. The highest BCUT2D eigenvalue weighted by Gasteiger charge is 2.42. The third kappa shape index (κ3) is 4.28. The number of halogens is 1. The number of hydrogen-bond donors (Lipinski definition) is 1. The maximum atomic E-state index is 13.4. The quantitative estimate of drug-likeness (QED) is 0.463. The highest BCUT2D eigenvalue weighted by Crippen LogP contribution is 2.38. The van der Waals surface area contributed by atoms with Crippen LogP contribution in [0.4, 0.5) is 21.6 Å². The van der Waals surface area contributed by atoms with Crippen molar-refractivity contribution >= 4 is 23.1 Å². The summed E-state index contributed by atoms with van der Waals surface area (Å²) in [6.07, 6.45) is 2.16. The number of carbonyl (C=O) groups is 1. The molecule has 0 radical (unpaired) electrons. The highest BCUT2D eigenvalue weighted by atomic mass is 19.1. The zero-order valence-electron chi connectivity index (χ0n) is 18.4. The number of pyridine rings is 1. The Morgan fingerprint density at radius 1 is 1.15 bits per heavy atom. The van der Waals surface area contributed by atoms with Crippen LogP contribution >= 0.6 is 0 Å². The first-order valence-electron chi connectivity index (χ1n) is 11.2. The van der Waals surface area contributed by atoms with Gasteiger partial charge in [0.25, 0.3) is 5.69 Å². The number of hydrogen-bond acceptors (Lipinski definition) is 6. The van der Waals surface area contributed by atoms with Gasteiger partial charge in [-0.15, -0.1) is 0 Å². The normalized spacial score (nSPS) is 19.2. The molecule has 2 atom stereocenters. The van der Waals surface area contributed by atoms with Crippen molar-refractivity contribution in [3.8, 4) is 0 Å². The molecule has 3 heterocycles. The smallest absolute Gasteiger partial charge is 0.269 e. The molecule has 1 fully saturated rings. The van der Waals surface area contributed by atoms with Gasteiger partial charge in [0.05, 0.1) is 16.9 Å². The maximum Gasteiger partial charge on any atom is 0.269 e. The number of rotatable bonds is 5. The number of benzene rings is 2. The summed E-state index contributed by atoms with van der Waals surface area (Å²) in [5, 5.41) is 14.3. The van der Waals surface area contributed by atoms with Crippen molar-refractivity contribution in [1.29, 1.82) is 0 Å². The monoisotopic (exact) mass is 461 g/mol. The lowest BCUT2D eigenvalue weighted by Crippen LogP contribution is -2.61. The van der Waals surface area contributed by atoms with Crippen molar-refractivity contribution in [2.24, 2.45) is 5.92 Å². The molecule has 8 nitrogen and oxygen atoms in total. The van der Waals surface area contributed by atoms with E-state index < -0.39 is 10.8 Å². The molecule has 34 heavy (non-hydrogen) atoms. The van der Waals surface area contributed by atoms with E-state index in [1.165, 1.54) is 18.2 Å². The summed E-state index contributed by atoms with van der Waals surface area (Å²) in [5.74, 6) is 0.0101. The number of nitro benzene ring substituents is 1. The predicted molar refractivity (Wildman–Crippen MR) is 126 cm³/mol. The molecule has 1 N–H and O–H groups in total. The topological polar surface area (TPSA) is 91.6 Å². The molecule has 3 aromatic rings. The number of anilines is 2. The molecular weight excluding hydrogens is 437 g/mol. The third-order valence-corrected chi connectivity index (χ3v) is 6.60. The van der Waals surface area contributed by atoms with E-state index in [1.807, 2.05) is 18.2 Å². The van der Waals surface area contributed by atoms with Gasteiger partial charge in [0, 0.05) is 50.2 Å². The summed E-state index contributed by atoms with van der Waals surface area (Å²) in [6.45, 7) is 2.30. The van der Waals surface area contributed by atoms with Crippen LogP contribution in [0.1, 0.15) is 11.1 Å². The molecule has 0 saturated carbocycles. The average Bonchev–Trinajstić information content (AvgIpc) is 2.87. The minimum atomic E-state index is -0.408. The minimum absolute atomic E-state index is 0.0230. The fourth-order valence-electron chi connectivity index (χ4n) is 4.89. The third-order valence-electron chi connectivity index (χ3n) is 6.60. The van der Waals surface area contributed by atoms with E-state index in [0.29, 0.717) is 19.5 Å². The van der Waals surface area contributed by atoms with Crippen LogP contribution in [0.2, 0.25) is 0 Å². The molecule has 2 aliphatic heterocycles. The first-order valence-corrected chi connectivity index (χ1v) is 11.2. The molecular formula is C25H24FN5O3. The second-order valence-electron chi connectivity index (χ2n) is 8.62. The number of carbonyl (C=O) groups excluding carboxylic acids is 1. The maximum absolute atomic E-state index is 13.4. The van der Waals surface area contributed by atoms with Gasteiger partial charge in [-0.3, -0.25) is 14.9 Å². The zero-order valence-corrected chi connectivity index (χ0v) is 18.4. The van der Waals surface area contributed by atoms with Crippen LogP contribution in [-0.2, 0) is 17.8 Å². The molecule has 2 aliphatic rings. The summed E-state index contributed by atoms with van der Waals surface area (Å²) < 4.78 is 13.2. The predicted octanol–water partition coefficient (Wildman–Crippen LogP) is 3.31. The van der Waals surface area contributed by atoms with Crippen molar-refractivity contribution in [2.45, 2.75) is 19.0 Å². The summed E-state index contributed by atoms with van der Waals surface area (Å²) in [7, 11) is 0. The Bertz CT molecular complexity index is 1200. The Balaban J connectivity index is 1.42. The number of non-ortho nitro benzene ring substituents is 1. The van der Waals surface area contributed by atoms with E-state index >= 15 is 0 Å². The zero-order chi connectivity index (χ0) is 23.7. The number of nitrogens with zero attached hydrogens (tertiary/aromatic N) is 4. The van der Waals surface area contributed by atoms with Crippen molar-refractivity contribution < 1.29 is 14.1 Å². The molecule has 1 amide bonds. The number of nitrogens with one attached hydrogen (secondary N) is 1. The van der Waals surface area contributed by atoms with Gasteiger partial charge >= 0.3 is 0 Å². The first-order chi connectivity index (χ1) is 16.5. The Morgan fingerprint density at radius 2 is 1.97 bits per heavy atom. The largest absolute Gasteiger partial charge is 0.364 e. The molecule has 1 aromatic heterocycles. The van der Waals surface area contributed by atoms with E-state index in [0.717, 1.165) is 29.2 Å². The SMILES string of the molecule is O=C(NCc1ccc(F)cc1)[C@H]1Cc2cc([N+](=O)[O-])ccc2N2CCN(c3ccccn3)C[C@H]12. The van der Waals surface area contributed by atoms with E-state index in [9.17, 15) is 19.3 Å². The lowest BCUT2D eigenvalue weighted by atomic mass is 9.83. The van der Waals surface area contributed by atoms with E-state index in [-0.39, 0.29) is 30.0 Å². The Morgan fingerprint density at radius 3 is 2.71 bits per heavy atom. The lowest BCUT2D eigenvalue weighted by molar-refractivity contribution is -0.384. The van der Waals surface area contributed by atoms with Crippen molar-refractivity contribution in [3.63, 3.8) is 0 Å². The summed E-state index contributed by atoms with van der Waals surface area (Å²) in [5.41, 5.74) is 2.57. The van der Waals surface area contributed by atoms with Gasteiger partial charge < -0.3 is 15.1 Å². The van der Waals surface area contributed by atoms with Crippen LogP contribution in [0.25, 0.3) is 0 Å². The Hall–Kier alpha value is -4.01. The molecule has 5 rings (SSSR count). The summed E-state index contributed by atoms with van der Waals surface area (Å²) in [6, 6.07) is 16.6. The molecule has 9 heteroatoms. The van der Waals surface area contributed by atoms with E-state index in [2.05, 4.69) is 20.1 Å². The minimum Gasteiger partial charge on any atom is -0.364 e. The summed E-state index contributed by atoms with van der Waals surface area (Å²) >= 11 is 0. The fraction of sp³-hybridized carbons (Fsp3) is 0.280. The van der Waals surface area contributed by atoms with Gasteiger partial charge in [0.1, 0.15) is 11.6 Å². The number of nitro groups is 1. The van der Waals surface area contributed by atoms with Crippen LogP contribution in [0.15, 0.2) is 66.9 Å². The lowest BCUT2D eigenvalue weighted by Gasteiger charge is -2.49. The van der Waals surface area contributed by atoms with Gasteiger partial charge in [-0.25, -0.2) is 9.37 Å². The fourth-order valence-corrected chi connectivity index (χ4v) is 4.89. The van der Waals surface area contributed by atoms with E-state index in [4.69, 9.17) is 0 Å². The molecule has 2 aromatic carbocycles. The summed E-state index contributed by atoms with van der Waals surface area (Å²) in [4.78, 5) is 33.2. The van der Waals surface area contributed by atoms with Crippen molar-refractivity contribution in [3.05, 3.63) is 93.9 Å². The standard InChI is InChI=1S/C25H24FN5O3/c26-19-6-4-17(5-7-19)15-28-25(32)21-14-18-13-20(31(33)34)8-9-22(18)30-12-11-29(16-23(21)30)24-3-1-2-10-27-24/h1-10,13,21,23H,11-12,14-16H2,(H,28,32)/t21-,23+/m0/s1.